The molecular weight excluding hydrogens is 602 g/mol. The molecule has 6 rings (SSSR count). The number of amides is 2. The van der Waals surface area contributed by atoms with Gasteiger partial charge in [0, 0.05) is 28.5 Å². The van der Waals surface area contributed by atoms with Crippen molar-refractivity contribution in [3.8, 4) is 0 Å². The smallest absolute Gasteiger partial charge is 0.239 e. The zero-order valence-electron chi connectivity index (χ0n) is 31.8. The summed E-state index contributed by atoms with van der Waals surface area (Å²) in [6.07, 6.45) is 10.3. The lowest BCUT2D eigenvalue weighted by atomic mass is 9.33. The molecule has 0 aromatic heterocycles. The van der Waals surface area contributed by atoms with Gasteiger partial charge in [-0.25, -0.2) is 0 Å². The van der Waals surface area contributed by atoms with E-state index in [1.54, 1.807) is 0 Å². The van der Waals surface area contributed by atoms with Crippen molar-refractivity contribution < 1.29 is 19.5 Å². The monoisotopic (exact) mass is 666 g/mol. The molecule has 1 unspecified atom stereocenters. The molecule has 8 nitrogen and oxygen atoms in total. The molecule has 6 aliphatic rings. The SMILES string of the molecule is CC1(C)[C@@H](O)CC[C@]2(C)[C@H]3C(=O)C=C4[C@@H]5C[C@@](C)(C(=O)NCC(=O)NC6CC(C)(C)N([O-])C6(C)C)CC[C@]5(C)CC[C@@]4(C)[C@]3(C)CC[C@@H]12. The van der Waals surface area contributed by atoms with Gasteiger partial charge in [-0.1, -0.05) is 54.0 Å². The van der Waals surface area contributed by atoms with E-state index in [1.807, 2.05) is 40.7 Å². The van der Waals surface area contributed by atoms with Gasteiger partial charge in [0.05, 0.1) is 12.6 Å². The first-order valence-electron chi connectivity index (χ1n) is 18.9. The van der Waals surface area contributed by atoms with Crippen molar-refractivity contribution in [1.29, 1.82) is 0 Å². The molecule has 0 aromatic carbocycles. The van der Waals surface area contributed by atoms with Gasteiger partial charge in [0.15, 0.2) is 5.78 Å². The van der Waals surface area contributed by atoms with Crippen molar-refractivity contribution in [3.05, 3.63) is 16.9 Å². The minimum atomic E-state index is -0.734. The topological polar surface area (TPSA) is 122 Å². The first-order valence-corrected chi connectivity index (χ1v) is 18.9. The molecule has 270 valence electrons. The predicted octanol–water partition coefficient (Wildman–Crippen LogP) is 6.69. The van der Waals surface area contributed by atoms with Crippen LogP contribution in [0.15, 0.2) is 11.6 Å². The Bertz CT molecular complexity index is 1420. The number of hydrogen-bond donors (Lipinski definition) is 3. The highest BCUT2D eigenvalue weighted by Gasteiger charge is 2.70. The third-order valence-corrected chi connectivity index (χ3v) is 16.5. The molecular formula is C40H64N3O5-. The molecule has 1 aliphatic heterocycles. The largest absolute Gasteiger partial charge is 0.784 e. The number of allylic oxidation sites excluding steroid dienone is 2. The van der Waals surface area contributed by atoms with Crippen LogP contribution in [0.2, 0.25) is 0 Å². The zero-order chi connectivity index (χ0) is 35.7. The minimum absolute atomic E-state index is 0.0229. The molecule has 0 bridgehead atoms. The first-order chi connectivity index (χ1) is 21.9. The van der Waals surface area contributed by atoms with Gasteiger partial charge in [0.25, 0.3) is 0 Å². The number of ketones is 1. The van der Waals surface area contributed by atoms with Gasteiger partial charge < -0.3 is 26.0 Å². The maximum absolute atomic E-state index is 14.6. The van der Waals surface area contributed by atoms with Crippen LogP contribution in [0.1, 0.15) is 140 Å². The molecule has 0 aromatic rings. The van der Waals surface area contributed by atoms with Crippen LogP contribution in [-0.2, 0) is 14.4 Å². The van der Waals surface area contributed by atoms with E-state index in [0.29, 0.717) is 18.8 Å². The lowest BCUT2D eigenvalue weighted by molar-refractivity contribution is -0.202. The van der Waals surface area contributed by atoms with Crippen LogP contribution in [0.3, 0.4) is 0 Å². The number of hydroxylamine groups is 2. The van der Waals surface area contributed by atoms with Crippen LogP contribution in [0, 0.1) is 55.5 Å². The van der Waals surface area contributed by atoms with E-state index >= 15 is 0 Å². The molecule has 1 heterocycles. The van der Waals surface area contributed by atoms with E-state index < -0.39 is 16.5 Å². The Morgan fingerprint density at radius 3 is 2.17 bits per heavy atom. The molecule has 3 N–H and O–H groups in total. The van der Waals surface area contributed by atoms with Gasteiger partial charge in [-0.05, 0) is 137 Å². The van der Waals surface area contributed by atoms with Gasteiger partial charge in [-0.15, -0.1) is 0 Å². The lowest BCUT2D eigenvalue weighted by Gasteiger charge is -2.70. The summed E-state index contributed by atoms with van der Waals surface area (Å²) >= 11 is 0. The normalized spacial score (nSPS) is 47.5. The second-order valence-corrected chi connectivity index (χ2v) is 20.4. The number of nitrogens with one attached hydrogen (secondary N) is 2. The van der Waals surface area contributed by atoms with Crippen LogP contribution in [-0.4, -0.2) is 57.5 Å². The van der Waals surface area contributed by atoms with Crippen molar-refractivity contribution in [2.24, 2.45) is 50.2 Å². The Hall–Kier alpha value is -1.77. The van der Waals surface area contributed by atoms with Gasteiger partial charge in [0.2, 0.25) is 11.8 Å². The molecule has 8 heteroatoms. The Labute approximate surface area is 289 Å². The summed E-state index contributed by atoms with van der Waals surface area (Å²) in [7, 11) is 0. The van der Waals surface area contributed by atoms with E-state index in [2.05, 4.69) is 52.2 Å². The third-order valence-electron chi connectivity index (χ3n) is 16.5. The Morgan fingerprint density at radius 2 is 1.54 bits per heavy atom. The van der Waals surface area contributed by atoms with Crippen LogP contribution in [0.4, 0.5) is 0 Å². The summed E-state index contributed by atoms with van der Waals surface area (Å²) in [5, 5.41) is 30.9. The molecule has 5 aliphatic carbocycles. The molecule has 0 spiro atoms. The number of aliphatic hydroxyl groups excluding tert-OH is 1. The fourth-order valence-corrected chi connectivity index (χ4v) is 13.0. The number of hydrogen-bond acceptors (Lipinski definition) is 6. The van der Waals surface area contributed by atoms with Crippen molar-refractivity contribution in [2.75, 3.05) is 6.54 Å². The number of fused-ring (bicyclic) bond motifs is 7. The molecule has 48 heavy (non-hydrogen) atoms. The predicted molar refractivity (Wildman–Crippen MR) is 188 cm³/mol. The molecule has 4 saturated carbocycles. The van der Waals surface area contributed by atoms with Crippen molar-refractivity contribution in [1.82, 2.24) is 15.7 Å². The zero-order valence-corrected chi connectivity index (χ0v) is 31.8. The molecule has 2 amide bonds. The lowest BCUT2D eigenvalue weighted by Crippen LogP contribution is -2.66. The van der Waals surface area contributed by atoms with E-state index in [0.717, 1.165) is 56.4 Å². The highest BCUT2D eigenvalue weighted by Crippen LogP contribution is 2.75. The highest BCUT2D eigenvalue weighted by molar-refractivity contribution is 5.96. The number of carbonyl (C=O) groups is 3. The summed E-state index contributed by atoms with van der Waals surface area (Å²) < 4.78 is 0. The molecule has 10 atom stereocenters. The van der Waals surface area contributed by atoms with Gasteiger partial charge >= 0.3 is 0 Å². The van der Waals surface area contributed by atoms with Crippen LogP contribution in [0.5, 0.6) is 0 Å². The molecule has 5 fully saturated rings. The summed E-state index contributed by atoms with van der Waals surface area (Å²) in [6, 6.07) is -0.302. The Balaban J connectivity index is 1.22. The van der Waals surface area contributed by atoms with Crippen LogP contribution < -0.4 is 10.6 Å². The maximum Gasteiger partial charge on any atom is 0.239 e. The molecule has 1 saturated heterocycles. The average Bonchev–Trinajstić information content (AvgIpc) is 3.13. The second-order valence-electron chi connectivity index (χ2n) is 20.4. The Morgan fingerprint density at radius 1 is 0.896 bits per heavy atom. The second kappa shape index (κ2) is 10.9. The van der Waals surface area contributed by atoms with Gasteiger partial charge in [0.1, 0.15) is 0 Å². The summed E-state index contributed by atoms with van der Waals surface area (Å²) in [5.41, 5.74) is -1.38. The van der Waals surface area contributed by atoms with Crippen molar-refractivity contribution in [2.45, 2.75) is 164 Å². The summed E-state index contributed by atoms with van der Waals surface area (Å²) in [5.74, 6) is 0.227. The van der Waals surface area contributed by atoms with E-state index in [4.69, 9.17) is 0 Å². The number of nitrogens with zero attached hydrogens (tertiary/aromatic N) is 1. The fraction of sp³-hybridized carbons (Fsp3) is 0.875. The maximum atomic E-state index is 14.6. The van der Waals surface area contributed by atoms with Gasteiger partial charge in [-0.3, -0.25) is 14.4 Å². The molecule has 0 radical (unpaired) electrons. The number of aliphatic hydroxyl groups is 1. The highest BCUT2D eigenvalue weighted by atomic mass is 16.5. The van der Waals surface area contributed by atoms with E-state index in [1.165, 1.54) is 5.57 Å². The van der Waals surface area contributed by atoms with Gasteiger partial charge in [-0.2, -0.15) is 0 Å². The standard InChI is InChI=1S/C40H64N3O5/c1-33(2)22-28(35(5,6)43(33)48)42-30(46)23-41-32(47)37(8)17-16-36(7)18-19-39(10)24(25(36)21-37)20-26(44)31-38(9)14-13-29(45)34(3,4)27(38)12-15-40(31,39)11/h20,25,27-29,31,45H,12-19,21-23H2,1-11H3,(H,41,47)(H,42,46)/q-1/t25-,27-,28?,29-,31+,36+,37-,38-,39+,40+/m0/s1. The number of rotatable bonds is 4. The van der Waals surface area contributed by atoms with Crippen molar-refractivity contribution >= 4 is 17.6 Å². The fourth-order valence-electron chi connectivity index (χ4n) is 13.0. The number of carbonyl (C=O) groups excluding carboxylic acids is 3. The summed E-state index contributed by atoms with van der Waals surface area (Å²) in [4.78, 5) is 41.6. The van der Waals surface area contributed by atoms with Crippen LogP contribution in [0.25, 0.3) is 0 Å². The van der Waals surface area contributed by atoms with Crippen molar-refractivity contribution in [3.63, 3.8) is 0 Å². The van der Waals surface area contributed by atoms with E-state index in [-0.39, 0.29) is 75.2 Å². The minimum Gasteiger partial charge on any atom is -0.784 e. The Kier molecular flexibility index (Phi) is 8.16. The first kappa shape index (κ1) is 36.0. The van der Waals surface area contributed by atoms with Crippen LogP contribution >= 0.6 is 0 Å². The van der Waals surface area contributed by atoms with E-state index in [9.17, 15) is 24.7 Å². The quantitative estimate of drug-likeness (QED) is 0.308. The average molecular weight is 667 g/mol. The third kappa shape index (κ3) is 4.87. The summed E-state index contributed by atoms with van der Waals surface area (Å²) in [6.45, 7) is 23.4.